The number of hydrogen-bond donors (Lipinski definition) is 0. The van der Waals surface area contributed by atoms with Crippen LogP contribution in [0.1, 0.15) is 37.8 Å². The van der Waals surface area contributed by atoms with Gasteiger partial charge in [-0.15, -0.1) is 0 Å². The number of carbonyl (C=O) groups is 1. The summed E-state index contributed by atoms with van der Waals surface area (Å²) in [4.78, 5) is 11.6. The summed E-state index contributed by atoms with van der Waals surface area (Å²) in [6.45, 7) is 7.84. The molecular weight excluding hydrogens is 334 g/mol. The van der Waals surface area contributed by atoms with Crippen LogP contribution >= 0.6 is 0 Å². The number of nitriles is 1. The fourth-order valence-corrected chi connectivity index (χ4v) is 3.53. The fourth-order valence-electron chi connectivity index (χ4n) is 3.53. The molecule has 1 atom stereocenters. The topological polar surface area (TPSA) is 50.1 Å². The van der Waals surface area contributed by atoms with Crippen molar-refractivity contribution < 1.29 is 9.53 Å². The predicted octanol–water partition coefficient (Wildman–Crippen LogP) is 5.28. The van der Waals surface area contributed by atoms with E-state index in [4.69, 9.17) is 4.74 Å². The minimum absolute atomic E-state index is 0.0310. The van der Waals surface area contributed by atoms with E-state index >= 15 is 0 Å². The van der Waals surface area contributed by atoms with Crippen molar-refractivity contribution in [1.82, 2.24) is 0 Å². The summed E-state index contributed by atoms with van der Waals surface area (Å²) in [5, 5.41) is 10.1. The van der Waals surface area contributed by atoms with Gasteiger partial charge in [-0.25, -0.2) is 4.79 Å². The zero-order chi connectivity index (χ0) is 19.7. The first-order valence-corrected chi connectivity index (χ1v) is 9.34. The maximum absolute atomic E-state index is 11.6. The molecule has 0 amide bonds. The largest absolute Gasteiger partial charge is 0.461 e. The average Bonchev–Trinajstić information content (AvgIpc) is 2.71. The van der Waals surface area contributed by atoms with Crippen LogP contribution in [0.25, 0.3) is 0 Å². The number of rotatable bonds is 9. The monoisotopic (exact) mass is 361 g/mol. The molecule has 0 N–H and O–H groups in total. The van der Waals surface area contributed by atoms with Crippen LogP contribution in [0, 0.1) is 23.2 Å². The summed E-state index contributed by atoms with van der Waals surface area (Å²) >= 11 is 0. The third-order valence-corrected chi connectivity index (χ3v) is 5.00. The van der Waals surface area contributed by atoms with Gasteiger partial charge in [0.15, 0.2) is 0 Å². The van der Waals surface area contributed by atoms with E-state index in [1.807, 2.05) is 36.4 Å². The zero-order valence-corrected chi connectivity index (χ0v) is 16.1. The molecule has 0 heterocycles. The fraction of sp³-hybridized carbons (Fsp3) is 0.333. The van der Waals surface area contributed by atoms with E-state index in [0.29, 0.717) is 5.92 Å². The van der Waals surface area contributed by atoms with Crippen molar-refractivity contribution in [3.63, 3.8) is 0 Å². The lowest BCUT2D eigenvalue weighted by Gasteiger charge is -2.39. The average molecular weight is 361 g/mol. The Bertz CT molecular complexity index is 736. The number of esters is 1. The van der Waals surface area contributed by atoms with Crippen LogP contribution < -0.4 is 0 Å². The maximum atomic E-state index is 11.6. The van der Waals surface area contributed by atoms with Gasteiger partial charge in [-0.3, -0.25) is 0 Å². The molecule has 0 aromatic heterocycles. The highest BCUT2D eigenvalue weighted by atomic mass is 16.5. The van der Waals surface area contributed by atoms with Gasteiger partial charge in [0.1, 0.15) is 6.61 Å². The zero-order valence-electron chi connectivity index (χ0n) is 16.1. The summed E-state index contributed by atoms with van der Waals surface area (Å²) in [6, 6.07) is 22.6. The summed E-state index contributed by atoms with van der Waals surface area (Å²) in [5.41, 5.74) is 1.58. The number of hydrogen-bond acceptors (Lipinski definition) is 3. The van der Waals surface area contributed by atoms with Crippen molar-refractivity contribution in [2.75, 3.05) is 6.61 Å². The highest BCUT2D eigenvalue weighted by Gasteiger charge is 2.42. The summed E-state index contributed by atoms with van der Waals surface area (Å²) < 4.78 is 5.32. The van der Waals surface area contributed by atoms with Gasteiger partial charge >= 0.3 is 5.97 Å². The molecule has 0 aliphatic heterocycles. The van der Waals surface area contributed by atoms with E-state index in [2.05, 4.69) is 50.8 Å². The van der Waals surface area contributed by atoms with E-state index in [1.54, 1.807) is 0 Å². The Balaban J connectivity index is 2.60. The van der Waals surface area contributed by atoms with E-state index < -0.39 is 17.3 Å². The van der Waals surface area contributed by atoms with E-state index in [0.717, 1.165) is 30.0 Å². The van der Waals surface area contributed by atoms with E-state index in [1.165, 1.54) is 0 Å². The molecule has 3 nitrogen and oxygen atoms in total. The van der Waals surface area contributed by atoms with Gasteiger partial charge < -0.3 is 4.74 Å². The lowest BCUT2D eigenvalue weighted by atomic mass is 9.63. The molecule has 0 aliphatic rings. The van der Waals surface area contributed by atoms with Gasteiger partial charge in [0.25, 0.3) is 0 Å². The second-order valence-corrected chi connectivity index (χ2v) is 7.15. The smallest absolute Gasteiger partial charge is 0.330 e. The summed E-state index contributed by atoms with van der Waals surface area (Å²) in [6.07, 6.45) is 2.88. The van der Waals surface area contributed by atoms with Crippen LogP contribution in [0.2, 0.25) is 0 Å². The van der Waals surface area contributed by atoms with Gasteiger partial charge in [-0.2, -0.15) is 5.26 Å². The molecule has 1 unspecified atom stereocenters. The minimum atomic E-state index is -0.553. The SMILES string of the molecule is C=CC(=O)OCC(C#N)C(CCC(C)C)(c1ccccc1)c1ccccc1. The van der Waals surface area contributed by atoms with Crippen molar-refractivity contribution in [3.8, 4) is 6.07 Å². The van der Waals surface area contributed by atoms with Crippen LogP contribution in [-0.2, 0) is 14.9 Å². The normalized spacial score (nSPS) is 12.2. The lowest BCUT2D eigenvalue weighted by Crippen LogP contribution is -2.39. The van der Waals surface area contributed by atoms with Crippen LogP contribution in [0.3, 0.4) is 0 Å². The second-order valence-electron chi connectivity index (χ2n) is 7.15. The molecule has 0 saturated carbocycles. The molecule has 0 aliphatic carbocycles. The van der Waals surface area contributed by atoms with Crippen LogP contribution in [-0.4, -0.2) is 12.6 Å². The first-order chi connectivity index (χ1) is 13.0. The van der Waals surface area contributed by atoms with Crippen molar-refractivity contribution in [2.45, 2.75) is 32.1 Å². The molecular formula is C24H27NO2. The third kappa shape index (κ3) is 4.86. The van der Waals surface area contributed by atoms with Crippen molar-refractivity contribution in [2.24, 2.45) is 11.8 Å². The van der Waals surface area contributed by atoms with Gasteiger partial charge in [0, 0.05) is 11.5 Å². The van der Waals surface area contributed by atoms with Crippen molar-refractivity contribution >= 4 is 5.97 Å². The van der Waals surface area contributed by atoms with Crippen LogP contribution in [0.15, 0.2) is 73.3 Å². The Labute approximate surface area is 162 Å². The molecule has 2 rings (SSSR count). The second kappa shape index (κ2) is 9.73. The quantitative estimate of drug-likeness (QED) is 0.451. The predicted molar refractivity (Wildman–Crippen MR) is 108 cm³/mol. The molecule has 0 radical (unpaired) electrons. The molecule has 2 aromatic carbocycles. The Hall–Kier alpha value is -2.86. The van der Waals surface area contributed by atoms with E-state index in [9.17, 15) is 10.1 Å². The number of ether oxygens (including phenoxy) is 1. The van der Waals surface area contributed by atoms with Crippen molar-refractivity contribution in [3.05, 3.63) is 84.4 Å². The highest BCUT2D eigenvalue weighted by Crippen LogP contribution is 2.44. The number of carbonyl (C=O) groups excluding carboxylic acids is 1. The molecule has 0 bridgehead atoms. The lowest BCUT2D eigenvalue weighted by molar-refractivity contribution is -0.139. The third-order valence-electron chi connectivity index (χ3n) is 5.00. The van der Waals surface area contributed by atoms with Gasteiger partial charge in [-0.1, -0.05) is 81.1 Å². The molecule has 0 fully saturated rings. The Morgan fingerprint density at radius 2 is 1.63 bits per heavy atom. The summed E-state index contributed by atoms with van der Waals surface area (Å²) in [7, 11) is 0. The molecule has 2 aromatic rings. The highest BCUT2D eigenvalue weighted by molar-refractivity contribution is 5.81. The standard InChI is InChI=1S/C24H27NO2/c1-4-23(26)27-18-22(17-25)24(16-15-19(2)3,20-11-7-5-8-12-20)21-13-9-6-10-14-21/h4-14,19,22H,1,15-16,18H2,2-3H3. The Kier molecular flexibility index (Phi) is 7.37. The molecule has 140 valence electrons. The Morgan fingerprint density at radius 3 is 2.04 bits per heavy atom. The van der Waals surface area contributed by atoms with Crippen LogP contribution in [0.5, 0.6) is 0 Å². The number of benzene rings is 2. The van der Waals surface area contributed by atoms with Gasteiger partial charge in [0.05, 0.1) is 12.0 Å². The van der Waals surface area contributed by atoms with Gasteiger partial charge in [-0.05, 0) is 29.9 Å². The Morgan fingerprint density at radius 1 is 1.11 bits per heavy atom. The van der Waals surface area contributed by atoms with E-state index in [-0.39, 0.29) is 6.61 Å². The van der Waals surface area contributed by atoms with Gasteiger partial charge in [0.2, 0.25) is 0 Å². The first-order valence-electron chi connectivity index (χ1n) is 9.34. The molecule has 27 heavy (non-hydrogen) atoms. The first kappa shape index (κ1) is 20.5. The summed E-state index contributed by atoms with van der Waals surface area (Å²) in [5.74, 6) is -0.522. The molecule has 0 spiro atoms. The molecule has 3 heteroatoms. The minimum Gasteiger partial charge on any atom is -0.461 e. The number of nitrogens with zero attached hydrogens (tertiary/aromatic N) is 1. The van der Waals surface area contributed by atoms with Crippen LogP contribution in [0.4, 0.5) is 0 Å². The maximum Gasteiger partial charge on any atom is 0.330 e. The molecule has 0 saturated heterocycles. The van der Waals surface area contributed by atoms with Crippen molar-refractivity contribution in [1.29, 1.82) is 5.26 Å².